The van der Waals surface area contributed by atoms with Gasteiger partial charge in [0.15, 0.2) is 11.5 Å². The van der Waals surface area contributed by atoms with E-state index in [4.69, 9.17) is 9.84 Å². The smallest absolute Gasteiger partial charge is 0.493 e. The highest BCUT2D eigenvalue weighted by Gasteiger charge is 2.43. The van der Waals surface area contributed by atoms with Crippen LogP contribution in [0, 0.1) is 0 Å². The molecule has 0 atom stereocenters. The number of carboxylic acids is 1. The van der Waals surface area contributed by atoms with E-state index >= 15 is 0 Å². The number of carboxylic acid groups (broad SMARTS) is 1. The number of halogens is 2. The maximum atomic E-state index is 13.3. The Labute approximate surface area is 157 Å². The van der Waals surface area contributed by atoms with Gasteiger partial charge in [-0.25, -0.2) is 9.78 Å². The summed E-state index contributed by atoms with van der Waals surface area (Å²) in [6.07, 6.45) is -1.03. The van der Waals surface area contributed by atoms with Crippen molar-refractivity contribution in [1.29, 1.82) is 0 Å². The lowest BCUT2D eigenvalue weighted by Crippen LogP contribution is -2.34. The largest absolute Gasteiger partial charge is 0.502 e. The van der Waals surface area contributed by atoms with Gasteiger partial charge in [0.25, 0.3) is 0 Å². The number of nitrogens with zero attached hydrogens (tertiary/aromatic N) is 1. The molecule has 4 rings (SSSR count). The van der Waals surface area contributed by atoms with Gasteiger partial charge in [-0.1, -0.05) is 0 Å². The number of methoxy groups -OCH3 is 1. The molecule has 0 radical (unpaired) electrons. The summed E-state index contributed by atoms with van der Waals surface area (Å²) in [5.41, 5.74) is 4.28. The van der Waals surface area contributed by atoms with Gasteiger partial charge in [0.2, 0.25) is 0 Å². The Balaban J connectivity index is 1.70. The molecule has 0 saturated carbocycles. The van der Waals surface area contributed by atoms with Gasteiger partial charge < -0.3 is 14.6 Å². The number of benzene rings is 2. The van der Waals surface area contributed by atoms with Crippen LogP contribution in [0.1, 0.15) is 17.5 Å². The van der Waals surface area contributed by atoms with E-state index in [1.807, 2.05) is 0 Å². The second-order valence-electron chi connectivity index (χ2n) is 6.25. The van der Waals surface area contributed by atoms with Gasteiger partial charge >= 0.3 is 12.1 Å². The van der Waals surface area contributed by atoms with Crippen LogP contribution in [0.2, 0.25) is 0 Å². The van der Waals surface area contributed by atoms with Gasteiger partial charge in [-0.3, -0.25) is 0 Å². The Morgan fingerprint density at radius 1 is 1.19 bits per heavy atom. The lowest BCUT2D eigenvalue weighted by Gasteiger charge is -2.16. The van der Waals surface area contributed by atoms with Crippen LogP contribution >= 0.6 is 11.3 Å². The third-order valence-electron chi connectivity index (χ3n) is 4.50. The number of aryl methyl sites for hydroxylation is 2. The van der Waals surface area contributed by atoms with E-state index < -0.39 is 12.1 Å². The third-order valence-corrected chi connectivity index (χ3v) is 5.57. The van der Waals surface area contributed by atoms with Gasteiger partial charge in [0.1, 0.15) is 5.01 Å². The number of fused-ring (bicyclic) bond motifs is 2. The molecule has 1 N–H and O–H groups in total. The Hall–Kier alpha value is -2.74. The molecule has 1 aliphatic rings. The van der Waals surface area contributed by atoms with Crippen LogP contribution in [-0.2, 0) is 17.6 Å². The summed E-state index contributed by atoms with van der Waals surface area (Å²) in [5.74, 6) is -2.71. The van der Waals surface area contributed by atoms with Gasteiger partial charge in [0, 0.05) is 5.56 Å². The first-order chi connectivity index (χ1) is 12.9. The van der Waals surface area contributed by atoms with Crippen LogP contribution in [-0.4, -0.2) is 29.3 Å². The predicted octanol–water partition coefficient (Wildman–Crippen LogP) is 4.52. The van der Waals surface area contributed by atoms with Crippen molar-refractivity contribution in [3.63, 3.8) is 0 Å². The van der Waals surface area contributed by atoms with Crippen molar-refractivity contribution in [1.82, 2.24) is 4.98 Å². The number of hydrogen-bond acceptors (Lipinski definition) is 5. The monoisotopic (exact) mass is 391 g/mol. The van der Waals surface area contributed by atoms with E-state index in [1.165, 1.54) is 48.1 Å². The number of alkyl halides is 2. The summed E-state index contributed by atoms with van der Waals surface area (Å²) in [7, 11) is 1.30. The zero-order chi connectivity index (χ0) is 19.2. The molecule has 0 fully saturated rings. The number of thiazole rings is 1. The molecule has 140 valence electrons. The highest BCUT2D eigenvalue weighted by molar-refractivity contribution is 7.21. The molecule has 0 spiro atoms. The van der Waals surface area contributed by atoms with E-state index in [-0.39, 0.29) is 11.5 Å². The lowest BCUT2D eigenvalue weighted by atomic mass is 10.1. The first kappa shape index (κ1) is 17.7. The summed E-state index contributed by atoms with van der Waals surface area (Å²) >= 11 is 1.51. The van der Waals surface area contributed by atoms with Crippen molar-refractivity contribution >= 4 is 27.5 Å². The lowest BCUT2D eigenvalue weighted by molar-refractivity contribution is -0.211. The second kappa shape index (κ2) is 6.45. The summed E-state index contributed by atoms with van der Waals surface area (Å²) < 4.78 is 37.2. The second-order valence-corrected chi connectivity index (χ2v) is 7.28. The average molecular weight is 391 g/mol. The third kappa shape index (κ3) is 3.21. The summed E-state index contributed by atoms with van der Waals surface area (Å²) in [4.78, 5) is 15.2. The Morgan fingerprint density at radius 3 is 2.63 bits per heavy atom. The molecular formula is C19H15F2NO4S. The molecular weight excluding hydrogens is 376 g/mol. The minimum atomic E-state index is -4.34. The molecule has 0 amide bonds. The van der Waals surface area contributed by atoms with Crippen LogP contribution in [0.15, 0.2) is 30.3 Å². The molecule has 1 aromatic heterocycles. The summed E-state index contributed by atoms with van der Waals surface area (Å²) in [6, 6.07) is 8.61. The van der Waals surface area contributed by atoms with Gasteiger partial charge in [-0.15, -0.1) is 11.3 Å². The van der Waals surface area contributed by atoms with E-state index in [2.05, 4.69) is 21.9 Å². The molecule has 27 heavy (non-hydrogen) atoms. The average Bonchev–Trinajstić information content (AvgIpc) is 3.25. The molecule has 0 bridgehead atoms. The zero-order valence-corrected chi connectivity index (χ0v) is 15.1. The molecule has 0 saturated heterocycles. The van der Waals surface area contributed by atoms with Crippen molar-refractivity contribution in [3.05, 3.63) is 41.5 Å². The highest BCUT2D eigenvalue weighted by Crippen LogP contribution is 2.39. The minimum absolute atomic E-state index is 0.00942. The SMILES string of the molecule is COc1cc(-c2nc3cc4c(cc3s2)CCC4)ccc1OC(F)(F)C(=O)O. The molecule has 1 aliphatic carbocycles. The van der Waals surface area contributed by atoms with Gasteiger partial charge in [0.05, 0.1) is 17.3 Å². The highest BCUT2D eigenvalue weighted by atomic mass is 32.1. The molecule has 0 unspecified atom stereocenters. The number of aliphatic carboxylic acids is 1. The number of ether oxygens (including phenoxy) is 2. The standard InChI is InChI=1S/C19H15F2NO4S/c1-25-15-8-12(5-6-14(15)26-19(20,21)18(23)24)17-22-13-7-10-3-2-4-11(10)9-16(13)27-17/h5-9H,2-4H2,1H3,(H,23,24). The summed E-state index contributed by atoms with van der Waals surface area (Å²) in [6.45, 7) is 0. The Kier molecular flexibility index (Phi) is 4.22. The Morgan fingerprint density at radius 2 is 1.93 bits per heavy atom. The van der Waals surface area contributed by atoms with Crippen LogP contribution < -0.4 is 9.47 Å². The van der Waals surface area contributed by atoms with Crippen molar-refractivity contribution in [2.75, 3.05) is 7.11 Å². The Bertz CT molecular complexity index is 1010. The first-order valence-corrected chi connectivity index (χ1v) is 9.10. The first-order valence-electron chi connectivity index (χ1n) is 8.28. The number of hydrogen-bond donors (Lipinski definition) is 1. The van der Waals surface area contributed by atoms with Gasteiger partial charge in [-0.05, 0) is 60.7 Å². The van der Waals surface area contributed by atoms with Crippen molar-refractivity contribution in [3.8, 4) is 22.1 Å². The maximum Gasteiger partial charge on any atom is 0.502 e. The fourth-order valence-electron chi connectivity index (χ4n) is 3.18. The van der Waals surface area contributed by atoms with Crippen LogP contribution in [0.3, 0.4) is 0 Å². The molecule has 2 aromatic carbocycles. The number of aromatic nitrogens is 1. The molecule has 5 nitrogen and oxygen atoms in total. The van der Waals surface area contributed by atoms with E-state index in [1.54, 1.807) is 6.07 Å². The van der Waals surface area contributed by atoms with Crippen LogP contribution in [0.4, 0.5) is 8.78 Å². The van der Waals surface area contributed by atoms with E-state index in [0.29, 0.717) is 5.56 Å². The van der Waals surface area contributed by atoms with Crippen LogP contribution in [0.25, 0.3) is 20.8 Å². The molecule has 3 aromatic rings. The number of rotatable bonds is 5. The fraction of sp³-hybridized carbons (Fsp3) is 0.263. The van der Waals surface area contributed by atoms with Gasteiger partial charge in [-0.2, -0.15) is 8.78 Å². The van der Waals surface area contributed by atoms with Crippen molar-refractivity contribution < 1.29 is 28.2 Å². The predicted molar refractivity (Wildman–Crippen MR) is 96.8 cm³/mol. The number of carbonyl (C=O) groups is 1. The topological polar surface area (TPSA) is 68.7 Å². The minimum Gasteiger partial charge on any atom is -0.493 e. The molecule has 0 aliphatic heterocycles. The normalized spacial score (nSPS) is 13.6. The molecule has 1 heterocycles. The van der Waals surface area contributed by atoms with Crippen molar-refractivity contribution in [2.24, 2.45) is 0 Å². The van der Waals surface area contributed by atoms with Crippen LogP contribution in [0.5, 0.6) is 11.5 Å². The quantitative estimate of drug-likeness (QED) is 0.693. The molecule has 8 heteroatoms. The maximum absolute atomic E-state index is 13.3. The fourth-order valence-corrected chi connectivity index (χ4v) is 4.19. The van der Waals surface area contributed by atoms with E-state index in [9.17, 15) is 13.6 Å². The summed E-state index contributed by atoms with van der Waals surface area (Å²) in [5, 5.41) is 9.25. The van der Waals surface area contributed by atoms with Crippen molar-refractivity contribution in [2.45, 2.75) is 25.4 Å². The van der Waals surface area contributed by atoms with E-state index in [0.717, 1.165) is 28.1 Å². The zero-order valence-electron chi connectivity index (χ0n) is 14.3.